The summed E-state index contributed by atoms with van der Waals surface area (Å²) >= 11 is 3.39. The maximum Gasteiger partial charge on any atom is 0.261 e. The van der Waals surface area contributed by atoms with Crippen molar-refractivity contribution in [2.24, 2.45) is 0 Å². The molecule has 5 nitrogen and oxygen atoms in total. The minimum Gasteiger partial charge on any atom is -0.484 e. The molecule has 0 spiro atoms. The van der Waals surface area contributed by atoms with Crippen LogP contribution in [0, 0.1) is 6.92 Å². The number of carbonyl (C=O) groups excluding carboxylic acids is 2. The molecule has 0 unspecified atom stereocenters. The first kappa shape index (κ1) is 23.9. The number of nitrogens with zero attached hydrogens (tertiary/aromatic N) is 1. The van der Waals surface area contributed by atoms with Crippen molar-refractivity contribution in [3.05, 3.63) is 64.1 Å². The Bertz CT molecular complexity index is 839. The molecule has 2 atom stereocenters. The molecule has 162 valence electrons. The van der Waals surface area contributed by atoms with Crippen LogP contribution < -0.4 is 10.1 Å². The number of hydrogen-bond donors (Lipinski definition) is 1. The predicted molar refractivity (Wildman–Crippen MR) is 123 cm³/mol. The van der Waals surface area contributed by atoms with Crippen molar-refractivity contribution in [1.29, 1.82) is 0 Å². The van der Waals surface area contributed by atoms with Crippen LogP contribution >= 0.6 is 15.9 Å². The third-order valence-corrected chi connectivity index (χ3v) is 5.69. The van der Waals surface area contributed by atoms with Crippen LogP contribution in [0.2, 0.25) is 0 Å². The number of nitrogens with one attached hydrogen (secondary N) is 1. The van der Waals surface area contributed by atoms with Gasteiger partial charge in [0.1, 0.15) is 11.8 Å². The minimum absolute atomic E-state index is 0.0565. The molecule has 2 amide bonds. The number of ether oxygens (including phenoxy) is 1. The Labute approximate surface area is 187 Å². The van der Waals surface area contributed by atoms with E-state index in [2.05, 4.69) is 21.2 Å². The van der Waals surface area contributed by atoms with E-state index in [4.69, 9.17) is 4.74 Å². The fraction of sp³-hybridized carbons (Fsp3) is 0.417. The second kappa shape index (κ2) is 11.7. The van der Waals surface area contributed by atoms with Crippen molar-refractivity contribution < 1.29 is 14.3 Å². The summed E-state index contributed by atoms with van der Waals surface area (Å²) in [7, 11) is 0. The van der Waals surface area contributed by atoms with E-state index in [-0.39, 0.29) is 24.5 Å². The van der Waals surface area contributed by atoms with Gasteiger partial charge in [-0.25, -0.2) is 0 Å². The summed E-state index contributed by atoms with van der Waals surface area (Å²) in [6.45, 7) is 8.16. The second-order valence-electron chi connectivity index (χ2n) is 7.43. The third kappa shape index (κ3) is 6.87. The van der Waals surface area contributed by atoms with Crippen LogP contribution in [0.25, 0.3) is 0 Å². The normalized spacial score (nSPS) is 12.7. The van der Waals surface area contributed by atoms with Gasteiger partial charge in [-0.1, -0.05) is 54.0 Å². The van der Waals surface area contributed by atoms with E-state index in [0.29, 0.717) is 18.7 Å². The molecule has 0 aliphatic heterocycles. The molecule has 0 bridgehead atoms. The molecule has 0 fully saturated rings. The summed E-state index contributed by atoms with van der Waals surface area (Å²) in [5.41, 5.74) is 2.10. The SMILES string of the molecule is CC[C@H](C(=O)N[C@@H](C)CC)N(Cc1ccccc1C)C(=O)COc1ccc(Br)cc1. The molecule has 6 heteroatoms. The molecular weight excluding hydrogens is 444 g/mol. The summed E-state index contributed by atoms with van der Waals surface area (Å²) in [6, 6.07) is 14.7. The zero-order valence-corrected chi connectivity index (χ0v) is 19.7. The first-order valence-corrected chi connectivity index (χ1v) is 11.2. The molecule has 0 aliphatic rings. The Balaban J connectivity index is 2.21. The summed E-state index contributed by atoms with van der Waals surface area (Å²) in [6.07, 6.45) is 1.36. The number of aryl methyl sites for hydroxylation is 1. The average molecular weight is 475 g/mol. The lowest BCUT2D eigenvalue weighted by molar-refractivity contribution is -0.143. The van der Waals surface area contributed by atoms with Crippen LogP contribution in [0.5, 0.6) is 5.75 Å². The Morgan fingerprint density at radius 3 is 2.33 bits per heavy atom. The molecular formula is C24H31BrN2O3. The van der Waals surface area contributed by atoms with Gasteiger partial charge in [0.05, 0.1) is 0 Å². The standard InChI is InChI=1S/C24H31BrN2O3/c1-5-18(4)26-24(29)22(6-2)27(15-19-10-8-7-9-17(19)3)23(28)16-30-21-13-11-20(25)12-14-21/h7-14,18,22H,5-6,15-16H2,1-4H3,(H,26,29)/t18-,22+/m0/s1. The molecule has 0 aromatic heterocycles. The predicted octanol–water partition coefficient (Wildman–Crippen LogP) is 4.86. The first-order valence-electron chi connectivity index (χ1n) is 10.4. The van der Waals surface area contributed by atoms with Crippen molar-refractivity contribution >= 4 is 27.7 Å². The number of benzene rings is 2. The fourth-order valence-corrected chi connectivity index (χ4v) is 3.35. The van der Waals surface area contributed by atoms with Gasteiger partial charge in [0.2, 0.25) is 5.91 Å². The highest BCUT2D eigenvalue weighted by Gasteiger charge is 2.29. The summed E-state index contributed by atoms with van der Waals surface area (Å²) in [5, 5.41) is 3.02. The molecule has 0 saturated carbocycles. The van der Waals surface area contributed by atoms with Gasteiger partial charge in [-0.15, -0.1) is 0 Å². The van der Waals surface area contributed by atoms with Crippen molar-refractivity contribution in [2.45, 2.75) is 59.2 Å². The molecule has 0 aliphatic carbocycles. The fourth-order valence-electron chi connectivity index (χ4n) is 3.09. The van der Waals surface area contributed by atoms with Crippen LogP contribution in [-0.4, -0.2) is 35.4 Å². The van der Waals surface area contributed by atoms with Crippen LogP contribution in [-0.2, 0) is 16.1 Å². The van der Waals surface area contributed by atoms with Gasteiger partial charge in [-0.3, -0.25) is 9.59 Å². The third-order valence-electron chi connectivity index (χ3n) is 5.16. The highest BCUT2D eigenvalue weighted by molar-refractivity contribution is 9.10. The van der Waals surface area contributed by atoms with Gasteiger partial charge in [-0.05, 0) is 62.1 Å². The Hall–Kier alpha value is -2.34. The van der Waals surface area contributed by atoms with E-state index in [9.17, 15) is 9.59 Å². The Kier molecular flexibility index (Phi) is 9.37. The lowest BCUT2D eigenvalue weighted by Gasteiger charge is -2.31. The average Bonchev–Trinajstić information content (AvgIpc) is 2.74. The number of carbonyl (C=O) groups is 2. The van der Waals surface area contributed by atoms with E-state index in [1.54, 1.807) is 17.0 Å². The summed E-state index contributed by atoms with van der Waals surface area (Å²) in [5.74, 6) is 0.268. The number of hydrogen-bond acceptors (Lipinski definition) is 3. The zero-order chi connectivity index (χ0) is 22.1. The molecule has 30 heavy (non-hydrogen) atoms. The van der Waals surface area contributed by atoms with E-state index in [0.717, 1.165) is 22.0 Å². The van der Waals surface area contributed by atoms with E-state index < -0.39 is 6.04 Å². The second-order valence-corrected chi connectivity index (χ2v) is 8.35. The lowest BCUT2D eigenvalue weighted by Crippen LogP contribution is -2.51. The van der Waals surface area contributed by atoms with Crippen molar-refractivity contribution in [1.82, 2.24) is 10.2 Å². The molecule has 2 aromatic carbocycles. The quantitative estimate of drug-likeness (QED) is 0.534. The molecule has 2 rings (SSSR count). The maximum absolute atomic E-state index is 13.2. The van der Waals surface area contributed by atoms with E-state index >= 15 is 0 Å². The van der Waals surface area contributed by atoms with Gasteiger partial charge >= 0.3 is 0 Å². The number of rotatable bonds is 10. The van der Waals surface area contributed by atoms with Gasteiger partial charge in [0.15, 0.2) is 6.61 Å². The van der Waals surface area contributed by atoms with Gasteiger partial charge in [0, 0.05) is 17.1 Å². The van der Waals surface area contributed by atoms with Gasteiger partial charge in [0.25, 0.3) is 5.91 Å². The minimum atomic E-state index is -0.556. The highest BCUT2D eigenvalue weighted by atomic mass is 79.9. The Morgan fingerprint density at radius 1 is 1.07 bits per heavy atom. The monoisotopic (exact) mass is 474 g/mol. The van der Waals surface area contributed by atoms with Crippen molar-refractivity contribution in [3.8, 4) is 5.75 Å². The van der Waals surface area contributed by atoms with Crippen molar-refractivity contribution in [3.63, 3.8) is 0 Å². The number of amides is 2. The largest absolute Gasteiger partial charge is 0.484 e. The maximum atomic E-state index is 13.2. The molecule has 0 radical (unpaired) electrons. The topological polar surface area (TPSA) is 58.6 Å². The molecule has 2 aromatic rings. The molecule has 0 heterocycles. The van der Waals surface area contributed by atoms with Crippen LogP contribution in [0.3, 0.4) is 0 Å². The Morgan fingerprint density at radius 2 is 1.73 bits per heavy atom. The lowest BCUT2D eigenvalue weighted by atomic mass is 10.1. The molecule has 0 saturated heterocycles. The summed E-state index contributed by atoms with van der Waals surface area (Å²) < 4.78 is 6.64. The number of halogens is 1. The zero-order valence-electron chi connectivity index (χ0n) is 18.2. The summed E-state index contributed by atoms with van der Waals surface area (Å²) in [4.78, 5) is 27.7. The smallest absolute Gasteiger partial charge is 0.261 e. The van der Waals surface area contributed by atoms with E-state index in [1.807, 2.05) is 64.1 Å². The van der Waals surface area contributed by atoms with Crippen LogP contribution in [0.4, 0.5) is 0 Å². The highest BCUT2D eigenvalue weighted by Crippen LogP contribution is 2.18. The van der Waals surface area contributed by atoms with Crippen molar-refractivity contribution in [2.75, 3.05) is 6.61 Å². The van der Waals surface area contributed by atoms with Crippen LogP contribution in [0.1, 0.15) is 44.7 Å². The van der Waals surface area contributed by atoms with Gasteiger partial charge in [-0.2, -0.15) is 0 Å². The molecule has 1 N–H and O–H groups in total. The first-order chi connectivity index (χ1) is 14.3. The van der Waals surface area contributed by atoms with E-state index in [1.165, 1.54) is 0 Å². The van der Waals surface area contributed by atoms with Crippen LogP contribution in [0.15, 0.2) is 53.0 Å². The van der Waals surface area contributed by atoms with Gasteiger partial charge < -0.3 is 15.0 Å².